The highest BCUT2D eigenvalue weighted by atomic mass is 127. The van der Waals surface area contributed by atoms with Crippen LogP contribution in [-0.4, -0.2) is 10.8 Å². The summed E-state index contributed by atoms with van der Waals surface area (Å²) < 4.78 is 40.4. The van der Waals surface area contributed by atoms with E-state index in [-0.39, 0.29) is 4.43 Å². The minimum absolute atomic E-state index is 0.264. The highest BCUT2D eigenvalue weighted by molar-refractivity contribution is 14.1. The summed E-state index contributed by atoms with van der Waals surface area (Å²) in [6.07, 6.45) is -5.51. The molecule has 0 aromatic heterocycles. The molecule has 0 fully saturated rings. The van der Waals surface area contributed by atoms with Crippen molar-refractivity contribution in [3.05, 3.63) is 35.4 Å². The number of benzene rings is 1. The Hall–Kier alpha value is -0.300. The molecule has 0 aliphatic rings. The van der Waals surface area contributed by atoms with Gasteiger partial charge in [0, 0.05) is 4.43 Å². The molecule has 0 saturated heterocycles. The van der Waals surface area contributed by atoms with Gasteiger partial charge in [-0.3, -0.25) is 4.74 Å². The highest BCUT2D eigenvalue weighted by Gasteiger charge is 2.33. The highest BCUT2D eigenvalue weighted by Crippen LogP contribution is 2.29. The lowest BCUT2D eigenvalue weighted by molar-refractivity contribution is -0.341. The van der Waals surface area contributed by atoms with Gasteiger partial charge in [0.05, 0.1) is 0 Å². The van der Waals surface area contributed by atoms with Crippen molar-refractivity contribution in [3.8, 4) is 0 Å². The Morgan fingerprint density at radius 3 is 2.20 bits per heavy atom. The predicted octanol–water partition coefficient (Wildman–Crippen LogP) is 4.01. The molecule has 0 bridgehead atoms. The summed E-state index contributed by atoms with van der Waals surface area (Å²) in [6.45, 7) is 1.88. The molecule has 15 heavy (non-hydrogen) atoms. The zero-order chi connectivity index (χ0) is 11.5. The van der Waals surface area contributed by atoms with Crippen molar-refractivity contribution < 1.29 is 17.9 Å². The molecule has 0 spiro atoms. The van der Waals surface area contributed by atoms with Crippen LogP contribution in [0.4, 0.5) is 13.2 Å². The summed E-state index contributed by atoms with van der Waals surface area (Å²) in [5.74, 6) is 0. The van der Waals surface area contributed by atoms with Gasteiger partial charge in [-0.2, -0.15) is 0 Å². The molecular weight excluding hydrogens is 320 g/mol. The molecule has 0 heterocycles. The first-order valence-electron chi connectivity index (χ1n) is 4.29. The van der Waals surface area contributed by atoms with Crippen molar-refractivity contribution >= 4 is 22.6 Å². The van der Waals surface area contributed by atoms with Crippen LogP contribution in [0.5, 0.6) is 0 Å². The average Bonchev–Trinajstić information content (AvgIpc) is 2.14. The van der Waals surface area contributed by atoms with E-state index in [1.165, 1.54) is 0 Å². The second kappa shape index (κ2) is 5.16. The van der Waals surface area contributed by atoms with Crippen LogP contribution in [-0.2, 0) is 4.74 Å². The van der Waals surface area contributed by atoms with Crippen LogP contribution < -0.4 is 0 Å². The van der Waals surface area contributed by atoms with Gasteiger partial charge in [-0.15, -0.1) is 13.2 Å². The summed E-state index contributed by atoms with van der Waals surface area (Å²) in [5, 5.41) is 0. The smallest absolute Gasteiger partial charge is 0.283 e. The molecular formula is C10H10F3IO. The third kappa shape index (κ3) is 4.38. The van der Waals surface area contributed by atoms with Crippen LogP contribution in [0.15, 0.2) is 24.3 Å². The van der Waals surface area contributed by atoms with E-state index in [0.29, 0.717) is 5.56 Å². The third-order valence-corrected chi connectivity index (χ3v) is 2.67. The lowest BCUT2D eigenvalue weighted by atomic mass is 10.1. The molecule has 1 aromatic rings. The second-order valence-electron chi connectivity index (χ2n) is 3.12. The molecule has 1 atom stereocenters. The van der Waals surface area contributed by atoms with Crippen molar-refractivity contribution in [2.45, 2.75) is 19.4 Å². The minimum atomic E-state index is -4.58. The molecule has 0 saturated carbocycles. The van der Waals surface area contributed by atoms with Gasteiger partial charge in [0.15, 0.2) is 0 Å². The summed E-state index contributed by atoms with van der Waals surface area (Å²) in [5.41, 5.74) is 1.56. The van der Waals surface area contributed by atoms with Gasteiger partial charge in [0.2, 0.25) is 0 Å². The lowest BCUT2D eigenvalue weighted by Gasteiger charge is -2.17. The fourth-order valence-corrected chi connectivity index (χ4v) is 1.82. The van der Waals surface area contributed by atoms with Gasteiger partial charge < -0.3 is 0 Å². The van der Waals surface area contributed by atoms with Gasteiger partial charge >= 0.3 is 6.36 Å². The molecule has 5 heteroatoms. The van der Waals surface area contributed by atoms with E-state index < -0.39 is 12.5 Å². The largest absolute Gasteiger partial charge is 0.523 e. The zero-order valence-electron chi connectivity index (χ0n) is 8.01. The van der Waals surface area contributed by atoms with Crippen molar-refractivity contribution in [2.24, 2.45) is 0 Å². The number of halogens is 4. The van der Waals surface area contributed by atoms with E-state index in [0.717, 1.165) is 5.56 Å². The predicted molar refractivity (Wildman–Crippen MR) is 59.9 cm³/mol. The van der Waals surface area contributed by atoms with Crippen LogP contribution >= 0.6 is 22.6 Å². The Kier molecular flexibility index (Phi) is 4.39. The summed E-state index contributed by atoms with van der Waals surface area (Å²) >= 11 is 1.88. The number of ether oxygens (including phenoxy) is 1. The minimum Gasteiger partial charge on any atom is -0.283 e. The maximum absolute atomic E-state index is 12.0. The molecule has 0 radical (unpaired) electrons. The molecule has 1 unspecified atom stereocenters. The molecule has 0 aliphatic heterocycles. The third-order valence-electron chi connectivity index (χ3n) is 1.87. The topological polar surface area (TPSA) is 9.23 Å². The van der Waals surface area contributed by atoms with E-state index in [4.69, 9.17) is 0 Å². The van der Waals surface area contributed by atoms with Crippen molar-refractivity contribution in [2.75, 3.05) is 4.43 Å². The number of aryl methyl sites for hydroxylation is 1. The van der Waals surface area contributed by atoms with Crippen LogP contribution in [0.2, 0.25) is 0 Å². The van der Waals surface area contributed by atoms with Crippen LogP contribution in [0.1, 0.15) is 17.2 Å². The van der Waals surface area contributed by atoms with Crippen LogP contribution in [0, 0.1) is 6.92 Å². The number of alkyl halides is 4. The molecule has 0 amide bonds. The fraction of sp³-hybridized carbons (Fsp3) is 0.400. The van der Waals surface area contributed by atoms with Crippen LogP contribution in [0.25, 0.3) is 0 Å². The monoisotopic (exact) mass is 330 g/mol. The molecule has 1 aromatic carbocycles. The second-order valence-corrected chi connectivity index (χ2v) is 4.00. The van der Waals surface area contributed by atoms with E-state index in [2.05, 4.69) is 4.74 Å². The van der Waals surface area contributed by atoms with Crippen molar-refractivity contribution in [1.29, 1.82) is 0 Å². The van der Waals surface area contributed by atoms with E-state index in [1.807, 2.05) is 29.5 Å². The van der Waals surface area contributed by atoms with Gasteiger partial charge in [-0.25, -0.2) is 0 Å². The SMILES string of the molecule is Cc1ccc(C(CI)OC(F)(F)F)cc1. The Labute approximate surface area is 99.8 Å². The number of rotatable bonds is 3. The Morgan fingerprint density at radius 2 is 1.80 bits per heavy atom. The van der Waals surface area contributed by atoms with E-state index in [1.54, 1.807) is 24.3 Å². The Morgan fingerprint density at radius 1 is 1.27 bits per heavy atom. The first-order valence-corrected chi connectivity index (χ1v) is 5.82. The Balaban J connectivity index is 2.79. The first kappa shape index (κ1) is 12.8. The molecule has 1 rings (SSSR count). The molecule has 0 N–H and O–H groups in total. The fourth-order valence-electron chi connectivity index (χ4n) is 1.13. The number of hydrogen-bond acceptors (Lipinski definition) is 1. The summed E-state index contributed by atoms with van der Waals surface area (Å²) in [4.78, 5) is 0. The average molecular weight is 330 g/mol. The summed E-state index contributed by atoms with van der Waals surface area (Å²) in [7, 11) is 0. The maximum Gasteiger partial charge on any atom is 0.523 e. The molecule has 84 valence electrons. The number of hydrogen-bond donors (Lipinski definition) is 0. The standard InChI is InChI=1S/C10H10F3IO/c1-7-2-4-8(5-3-7)9(6-14)15-10(11,12)13/h2-5,9H,6H2,1H3. The van der Waals surface area contributed by atoms with Crippen molar-refractivity contribution in [1.82, 2.24) is 0 Å². The molecule has 1 nitrogen and oxygen atoms in total. The van der Waals surface area contributed by atoms with Crippen LogP contribution in [0.3, 0.4) is 0 Å². The Bertz CT molecular complexity index is 307. The van der Waals surface area contributed by atoms with Crippen molar-refractivity contribution in [3.63, 3.8) is 0 Å². The van der Waals surface area contributed by atoms with E-state index >= 15 is 0 Å². The molecule has 0 aliphatic carbocycles. The quantitative estimate of drug-likeness (QED) is 0.601. The zero-order valence-corrected chi connectivity index (χ0v) is 10.2. The normalized spacial score (nSPS) is 13.9. The van der Waals surface area contributed by atoms with Gasteiger partial charge in [0.25, 0.3) is 0 Å². The van der Waals surface area contributed by atoms with Gasteiger partial charge in [-0.1, -0.05) is 52.4 Å². The van der Waals surface area contributed by atoms with E-state index in [9.17, 15) is 13.2 Å². The maximum atomic E-state index is 12.0. The van der Waals surface area contributed by atoms with Gasteiger partial charge in [-0.05, 0) is 12.5 Å². The lowest BCUT2D eigenvalue weighted by Crippen LogP contribution is -2.19. The van der Waals surface area contributed by atoms with Gasteiger partial charge in [0.1, 0.15) is 6.10 Å². The first-order chi connectivity index (χ1) is 6.92. The summed E-state index contributed by atoms with van der Waals surface area (Å²) in [6, 6.07) is 6.86.